The molecule has 90 valence electrons. The molecule has 1 aliphatic heterocycles. The van der Waals surface area contributed by atoms with Gasteiger partial charge in [-0.2, -0.15) is 0 Å². The van der Waals surface area contributed by atoms with Gasteiger partial charge in [0.05, 0.1) is 6.04 Å². The Bertz CT molecular complexity index is 491. The van der Waals surface area contributed by atoms with Gasteiger partial charge in [0.2, 0.25) is 0 Å². The van der Waals surface area contributed by atoms with Crippen LogP contribution in [0.2, 0.25) is 0 Å². The lowest BCUT2D eigenvalue weighted by atomic mass is 9.97. The summed E-state index contributed by atoms with van der Waals surface area (Å²) in [5.74, 6) is 0. The molecule has 3 rings (SSSR count). The number of ether oxygens (including phenoxy) is 1. The van der Waals surface area contributed by atoms with Gasteiger partial charge in [-0.1, -0.05) is 60.7 Å². The quantitative estimate of drug-likeness (QED) is 0.831. The fraction of sp³-hybridized carbons (Fsp3) is 0.133. The first-order valence-electron chi connectivity index (χ1n) is 5.91. The first kappa shape index (κ1) is 11.2. The van der Waals surface area contributed by atoms with Crippen LogP contribution in [0, 0.1) is 0 Å². The van der Waals surface area contributed by atoms with E-state index in [0.29, 0.717) is 5.17 Å². The van der Waals surface area contributed by atoms with Crippen molar-refractivity contribution in [3.8, 4) is 0 Å². The van der Waals surface area contributed by atoms with Gasteiger partial charge in [0.25, 0.3) is 5.17 Å². The lowest BCUT2D eigenvalue weighted by Crippen LogP contribution is -2.19. The maximum atomic E-state index is 5.73. The normalized spacial score (nSPS) is 22.3. The van der Waals surface area contributed by atoms with E-state index in [9.17, 15) is 0 Å². The molecule has 2 aromatic carbocycles. The molecule has 2 aromatic rings. The van der Waals surface area contributed by atoms with Crippen molar-refractivity contribution < 1.29 is 4.74 Å². The summed E-state index contributed by atoms with van der Waals surface area (Å²) in [6.07, 6.45) is -0.0545. The zero-order valence-corrected chi connectivity index (χ0v) is 10.6. The molecular formula is C15H13NOS. The Hall–Kier alpha value is -1.87. The lowest BCUT2D eigenvalue weighted by molar-refractivity contribution is 0.208. The molecule has 0 saturated carbocycles. The van der Waals surface area contributed by atoms with Crippen molar-refractivity contribution in [2.75, 3.05) is 0 Å². The molecule has 1 fully saturated rings. The summed E-state index contributed by atoms with van der Waals surface area (Å²) in [7, 11) is 0. The van der Waals surface area contributed by atoms with Crippen LogP contribution in [-0.2, 0) is 4.74 Å². The highest BCUT2D eigenvalue weighted by molar-refractivity contribution is 7.80. The van der Waals surface area contributed by atoms with E-state index in [1.807, 2.05) is 36.4 Å². The number of benzene rings is 2. The van der Waals surface area contributed by atoms with E-state index in [0.717, 1.165) is 5.56 Å². The summed E-state index contributed by atoms with van der Waals surface area (Å²) in [6, 6.07) is 20.5. The van der Waals surface area contributed by atoms with Crippen molar-refractivity contribution in [3.05, 3.63) is 71.8 Å². The van der Waals surface area contributed by atoms with Gasteiger partial charge < -0.3 is 10.1 Å². The average molecular weight is 255 g/mol. The minimum Gasteiger partial charge on any atom is -0.460 e. The second kappa shape index (κ2) is 4.78. The highest BCUT2D eigenvalue weighted by Gasteiger charge is 2.33. The van der Waals surface area contributed by atoms with Crippen LogP contribution in [0.3, 0.4) is 0 Å². The highest BCUT2D eigenvalue weighted by Crippen LogP contribution is 2.36. The third kappa shape index (κ3) is 2.09. The standard InChI is InChI=1S/C15H13NOS/c18-15-16-13(11-7-3-1-4-8-11)14(17-15)12-9-5-2-6-10-12/h1-10,13-14H,(H,16,18)/t13-,14-/m1/s1. The molecule has 1 N–H and O–H groups in total. The molecule has 1 aliphatic rings. The van der Waals surface area contributed by atoms with E-state index in [2.05, 4.69) is 29.6 Å². The van der Waals surface area contributed by atoms with Crippen LogP contribution < -0.4 is 5.32 Å². The van der Waals surface area contributed by atoms with Crippen molar-refractivity contribution in [2.24, 2.45) is 0 Å². The summed E-state index contributed by atoms with van der Waals surface area (Å²) in [5.41, 5.74) is 2.32. The second-order valence-corrected chi connectivity index (χ2v) is 4.64. The van der Waals surface area contributed by atoms with Crippen molar-refractivity contribution in [1.29, 1.82) is 0 Å². The maximum absolute atomic E-state index is 5.73. The molecule has 2 atom stereocenters. The van der Waals surface area contributed by atoms with Crippen LogP contribution in [0.15, 0.2) is 60.7 Å². The topological polar surface area (TPSA) is 21.3 Å². The Morgan fingerprint density at radius 2 is 1.39 bits per heavy atom. The molecule has 0 unspecified atom stereocenters. The van der Waals surface area contributed by atoms with Gasteiger partial charge in [0.1, 0.15) is 0 Å². The molecular weight excluding hydrogens is 242 g/mol. The first-order chi connectivity index (χ1) is 8.84. The third-order valence-corrected chi connectivity index (χ3v) is 3.31. The number of nitrogens with one attached hydrogen (secondary N) is 1. The van der Waals surface area contributed by atoms with Crippen molar-refractivity contribution in [2.45, 2.75) is 12.1 Å². The van der Waals surface area contributed by atoms with Crippen LogP contribution in [-0.4, -0.2) is 5.17 Å². The third-order valence-electron chi connectivity index (χ3n) is 3.10. The zero-order valence-electron chi connectivity index (χ0n) is 9.74. The number of hydrogen-bond donors (Lipinski definition) is 1. The average Bonchev–Trinajstić information content (AvgIpc) is 2.83. The minimum atomic E-state index is -0.0545. The summed E-state index contributed by atoms with van der Waals surface area (Å²) >= 11 is 5.14. The van der Waals surface area contributed by atoms with E-state index < -0.39 is 0 Å². The largest absolute Gasteiger partial charge is 0.460 e. The summed E-state index contributed by atoms with van der Waals surface area (Å²) < 4.78 is 5.73. The monoisotopic (exact) mass is 255 g/mol. The molecule has 1 heterocycles. The van der Waals surface area contributed by atoms with Gasteiger partial charge in [-0.3, -0.25) is 0 Å². The van der Waals surface area contributed by atoms with E-state index in [-0.39, 0.29) is 12.1 Å². The Balaban J connectivity index is 1.96. The van der Waals surface area contributed by atoms with Gasteiger partial charge in [-0.15, -0.1) is 0 Å². The molecule has 1 saturated heterocycles. The second-order valence-electron chi connectivity index (χ2n) is 4.27. The molecule has 0 aromatic heterocycles. The summed E-state index contributed by atoms with van der Waals surface area (Å²) in [6.45, 7) is 0. The number of hydrogen-bond acceptors (Lipinski definition) is 2. The maximum Gasteiger partial charge on any atom is 0.257 e. The predicted molar refractivity (Wildman–Crippen MR) is 75.2 cm³/mol. The summed E-state index contributed by atoms with van der Waals surface area (Å²) in [4.78, 5) is 0. The lowest BCUT2D eigenvalue weighted by Gasteiger charge is -2.17. The van der Waals surface area contributed by atoms with E-state index >= 15 is 0 Å². The molecule has 0 radical (unpaired) electrons. The minimum absolute atomic E-state index is 0.0545. The first-order valence-corrected chi connectivity index (χ1v) is 6.32. The van der Waals surface area contributed by atoms with E-state index in [4.69, 9.17) is 17.0 Å². The Morgan fingerprint density at radius 1 is 0.833 bits per heavy atom. The Kier molecular flexibility index (Phi) is 2.99. The van der Waals surface area contributed by atoms with Crippen molar-refractivity contribution in [1.82, 2.24) is 5.32 Å². The SMILES string of the molecule is S=C1N[C@H](c2ccccc2)[C@@H](c2ccccc2)O1. The fourth-order valence-corrected chi connectivity index (χ4v) is 2.47. The summed E-state index contributed by atoms with van der Waals surface area (Å²) in [5, 5.41) is 3.70. The predicted octanol–water partition coefficient (Wildman–Crippen LogP) is 3.37. The van der Waals surface area contributed by atoms with Gasteiger partial charge >= 0.3 is 0 Å². The van der Waals surface area contributed by atoms with Gasteiger partial charge in [0.15, 0.2) is 6.10 Å². The number of rotatable bonds is 2. The smallest absolute Gasteiger partial charge is 0.257 e. The van der Waals surface area contributed by atoms with Gasteiger partial charge in [0, 0.05) is 0 Å². The van der Waals surface area contributed by atoms with E-state index in [1.54, 1.807) is 0 Å². The number of thiocarbonyl (C=S) groups is 1. The van der Waals surface area contributed by atoms with E-state index in [1.165, 1.54) is 5.56 Å². The van der Waals surface area contributed by atoms with Crippen LogP contribution in [0.1, 0.15) is 23.3 Å². The van der Waals surface area contributed by atoms with Crippen LogP contribution >= 0.6 is 12.2 Å². The van der Waals surface area contributed by atoms with Crippen LogP contribution in [0.5, 0.6) is 0 Å². The molecule has 18 heavy (non-hydrogen) atoms. The molecule has 2 nitrogen and oxygen atoms in total. The van der Waals surface area contributed by atoms with Gasteiger partial charge in [-0.25, -0.2) is 0 Å². The molecule has 0 spiro atoms. The molecule has 0 aliphatic carbocycles. The highest BCUT2D eigenvalue weighted by atomic mass is 32.1. The fourth-order valence-electron chi connectivity index (χ4n) is 2.24. The van der Waals surface area contributed by atoms with Crippen molar-refractivity contribution in [3.63, 3.8) is 0 Å². The van der Waals surface area contributed by atoms with Gasteiger partial charge in [-0.05, 0) is 23.3 Å². The molecule has 3 heteroatoms. The molecule has 0 bridgehead atoms. The van der Waals surface area contributed by atoms with Crippen LogP contribution in [0.4, 0.5) is 0 Å². The van der Waals surface area contributed by atoms with Crippen molar-refractivity contribution >= 4 is 17.4 Å². The Morgan fingerprint density at radius 3 is 2.00 bits per heavy atom. The molecule has 0 amide bonds. The van der Waals surface area contributed by atoms with Crippen LogP contribution in [0.25, 0.3) is 0 Å². The zero-order chi connectivity index (χ0) is 12.4. The Labute approximate surface area is 112 Å².